The molecule has 0 aliphatic carbocycles. The molecule has 1 aromatic rings. The molecule has 0 atom stereocenters. The van der Waals surface area contributed by atoms with Crippen LogP contribution in [-0.2, 0) is 16.0 Å². The van der Waals surface area contributed by atoms with E-state index in [0.717, 1.165) is 13.0 Å². The molecular formula is C11H16N2O5. The Bertz CT molecular complexity index is 344. The van der Waals surface area contributed by atoms with E-state index < -0.39 is 11.9 Å². The first-order chi connectivity index (χ1) is 8.57. The third-order valence-corrected chi connectivity index (χ3v) is 1.81. The highest BCUT2D eigenvalue weighted by molar-refractivity contribution is 6.27. The lowest BCUT2D eigenvalue weighted by atomic mass is 10.2. The lowest BCUT2D eigenvalue weighted by Crippen LogP contribution is -2.20. The van der Waals surface area contributed by atoms with Crippen LogP contribution in [0.5, 0.6) is 0 Å². The Balaban J connectivity index is 0.000000411. The van der Waals surface area contributed by atoms with Crippen LogP contribution in [0.15, 0.2) is 24.5 Å². The van der Waals surface area contributed by atoms with Crippen molar-refractivity contribution in [2.24, 2.45) is 0 Å². The van der Waals surface area contributed by atoms with Crippen LogP contribution in [0.3, 0.4) is 0 Å². The largest absolute Gasteiger partial charge is 0.473 e. The number of nitrogens with zero attached hydrogens (tertiary/aromatic N) is 1. The first-order valence-electron chi connectivity index (χ1n) is 5.24. The van der Waals surface area contributed by atoms with Gasteiger partial charge in [-0.05, 0) is 30.7 Å². The molecule has 1 heterocycles. The molecule has 0 unspecified atom stereocenters. The number of aliphatic carboxylic acids is 2. The van der Waals surface area contributed by atoms with Crippen molar-refractivity contribution in [3.8, 4) is 0 Å². The fourth-order valence-corrected chi connectivity index (χ4v) is 0.986. The molecule has 7 heteroatoms. The van der Waals surface area contributed by atoms with E-state index in [-0.39, 0.29) is 6.61 Å². The number of aliphatic hydroxyl groups is 1. The van der Waals surface area contributed by atoms with Gasteiger partial charge in [0, 0.05) is 18.9 Å². The minimum absolute atomic E-state index is 0.205. The fraction of sp³-hybridized carbons (Fsp3) is 0.364. The van der Waals surface area contributed by atoms with Crippen LogP contribution in [0.4, 0.5) is 0 Å². The standard InChI is InChI=1S/C9H14N2O.C2H2O4/c12-8-7-11-6-3-9-1-4-10-5-2-9;3-1(4)2(5)6/h1-2,4-5,11-12H,3,6-8H2;(H,3,4)(H,5,6). The highest BCUT2D eigenvalue weighted by Crippen LogP contribution is 1.95. The zero-order valence-electron chi connectivity index (χ0n) is 9.74. The normalized spacial score (nSPS) is 9.17. The van der Waals surface area contributed by atoms with E-state index in [9.17, 15) is 0 Å². The van der Waals surface area contributed by atoms with Crippen LogP contribution < -0.4 is 5.32 Å². The molecule has 18 heavy (non-hydrogen) atoms. The number of aliphatic hydroxyl groups excluding tert-OH is 1. The third-order valence-electron chi connectivity index (χ3n) is 1.81. The molecule has 0 radical (unpaired) electrons. The summed E-state index contributed by atoms with van der Waals surface area (Å²) in [6.07, 6.45) is 4.57. The van der Waals surface area contributed by atoms with Gasteiger partial charge in [-0.2, -0.15) is 0 Å². The second kappa shape index (κ2) is 10.2. The number of carbonyl (C=O) groups is 2. The minimum Gasteiger partial charge on any atom is -0.473 e. The van der Waals surface area contributed by atoms with Gasteiger partial charge < -0.3 is 20.6 Å². The maximum atomic E-state index is 9.10. The molecule has 0 amide bonds. The topological polar surface area (TPSA) is 120 Å². The lowest BCUT2D eigenvalue weighted by molar-refractivity contribution is -0.159. The predicted octanol–water partition coefficient (Wildman–Crippen LogP) is -0.638. The molecule has 0 fully saturated rings. The van der Waals surface area contributed by atoms with Gasteiger partial charge in [0.25, 0.3) is 0 Å². The van der Waals surface area contributed by atoms with E-state index in [0.29, 0.717) is 6.54 Å². The van der Waals surface area contributed by atoms with Crippen LogP contribution in [0.2, 0.25) is 0 Å². The monoisotopic (exact) mass is 256 g/mol. The van der Waals surface area contributed by atoms with Gasteiger partial charge in [-0.3, -0.25) is 4.98 Å². The number of carboxylic acids is 2. The maximum absolute atomic E-state index is 9.10. The summed E-state index contributed by atoms with van der Waals surface area (Å²) in [4.78, 5) is 22.1. The van der Waals surface area contributed by atoms with Crippen molar-refractivity contribution in [1.82, 2.24) is 10.3 Å². The van der Waals surface area contributed by atoms with Crippen molar-refractivity contribution in [1.29, 1.82) is 0 Å². The molecule has 0 bridgehead atoms. The van der Waals surface area contributed by atoms with Crippen molar-refractivity contribution < 1.29 is 24.9 Å². The molecule has 100 valence electrons. The summed E-state index contributed by atoms with van der Waals surface area (Å²) >= 11 is 0. The zero-order chi connectivity index (χ0) is 13.8. The number of hydrogen-bond donors (Lipinski definition) is 4. The quantitative estimate of drug-likeness (QED) is 0.408. The second-order valence-corrected chi connectivity index (χ2v) is 3.19. The van der Waals surface area contributed by atoms with Crippen molar-refractivity contribution in [3.05, 3.63) is 30.1 Å². The predicted molar refractivity (Wildman–Crippen MR) is 63.2 cm³/mol. The molecule has 7 nitrogen and oxygen atoms in total. The average molecular weight is 256 g/mol. The molecule has 4 N–H and O–H groups in total. The summed E-state index contributed by atoms with van der Waals surface area (Å²) in [6.45, 7) is 1.78. The summed E-state index contributed by atoms with van der Waals surface area (Å²) < 4.78 is 0. The number of carboxylic acid groups (broad SMARTS) is 2. The van der Waals surface area contributed by atoms with Crippen molar-refractivity contribution in [2.75, 3.05) is 19.7 Å². The Hall–Kier alpha value is -1.99. The molecule has 0 aliphatic rings. The smallest absolute Gasteiger partial charge is 0.414 e. The zero-order valence-corrected chi connectivity index (χ0v) is 9.74. The Morgan fingerprint density at radius 2 is 1.67 bits per heavy atom. The average Bonchev–Trinajstić information content (AvgIpc) is 2.36. The number of rotatable bonds is 5. The van der Waals surface area contributed by atoms with Crippen LogP contribution in [-0.4, -0.2) is 51.9 Å². The second-order valence-electron chi connectivity index (χ2n) is 3.19. The fourth-order valence-electron chi connectivity index (χ4n) is 0.986. The van der Waals surface area contributed by atoms with E-state index >= 15 is 0 Å². The van der Waals surface area contributed by atoms with Gasteiger partial charge >= 0.3 is 11.9 Å². The first-order valence-corrected chi connectivity index (χ1v) is 5.24. The highest BCUT2D eigenvalue weighted by Gasteiger charge is 2.04. The van der Waals surface area contributed by atoms with Crippen molar-refractivity contribution in [2.45, 2.75) is 6.42 Å². The molecule has 0 aromatic carbocycles. The van der Waals surface area contributed by atoms with E-state index in [1.54, 1.807) is 12.4 Å². The summed E-state index contributed by atoms with van der Waals surface area (Å²) in [5.74, 6) is -3.65. The summed E-state index contributed by atoms with van der Waals surface area (Å²) in [6, 6.07) is 4.00. The summed E-state index contributed by atoms with van der Waals surface area (Å²) in [7, 11) is 0. The van der Waals surface area contributed by atoms with E-state index in [1.807, 2.05) is 12.1 Å². The van der Waals surface area contributed by atoms with Crippen LogP contribution in [0, 0.1) is 0 Å². The van der Waals surface area contributed by atoms with E-state index in [1.165, 1.54) is 5.56 Å². The van der Waals surface area contributed by atoms with Crippen LogP contribution in [0.1, 0.15) is 5.56 Å². The van der Waals surface area contributed by atoms with E-state index in [4.69, 9.17) is 24.9 Å². The van der Waals surface area contributed by atoms with Gasteiger partial charge in [-0.1, -0.05) is 0 Å². The summed E-state index contributed by atoms with van der Waals surface area (Å²) in [5, 5.41) is 26.4. The van der Waals surface area contributed by atoms with E-state index in [2.05, 4.69) is 10.3 Å². The Morgan fingerprint density at radius 1 is 1.11 bits per heavy atom. The molecule has 0 saturated carbocycles. The van der Waals surface area contributed by atoms with Crippen molar-refractivity contribution >= 4 is 11.9 Å². The highest BCUT2D eigenvalue weighted by atomic mass is 16.4. The number of nitrogens with one attached hydrogen (secondary N) is 1. The maximum Gasteiger partial charge on any atom is 0.414 e. The molecule has 1 rings (SSSR count). The minimum atomic E-state index is -1.82. The SMILES string of the molecule is O=C(O)C(=O)O.OCCNCCc1ccncc1. The molecule has 0 saturated heterocycles. The van der Waals surface area contributed by atoms with Gasteiger partial charge in [0.2, 0.25) is 0 Å². The Kier molecular flexibility index (Phi) is 9.06. The molecule has 0 aliphatic heterocycles. The van der Waals surface area contributed by atoms with Gasteiger partial charge in [0.15, 0.2) is 0 Å². The number of hydrogen-bond acceptors (Lipinski definition) is 5. The Morgan fingerprint density at radius 3 is 2.11 bits per heavy atom. The van der Waals surface area contributed by atoms with Crippen molar-refractivity contribution in [3.63, 3.8) is 0 Å². The van der Waals surface area contributed by atoms with Gasteiger partial charge in [-0.15, -0.1) is 0 Å². The summed E-state index contributed by atoms with van der Waals surface area (Å²) in [5.41, 5.74) is 1.27. The Labute approximate surface area is 104 Å². The molecular weight excluding hydrogens is 240 g/mol. The molecule has 0 spiro atoms. The van der Waals surface area contributed by atoms with Crippen LogP contribution >= 0.6 is 0 Å². The lowest BCUT2D eigenvalue weighted by Gasteiger charge is -2.01. The third kappa shape index (κ3) is 9.25. The molecule has 1 aromatic heterocycles. The van der Waals surface area contributed by atoms with Gasteiger partial charge in [0.1, 0.15) is 0 Å². The first kappa shape index (κ1) is 16.0. The van der Waals surface area contributed by atoms with Crippen LogP contribution in [0.25, 0.3) is 0 Å². The van der Waals surface area contributed by atoms with Gasteiger partial charge in [-0.25, -0.2) is 9.59 Å². The number of aromatic nitrogens is 1. The van der Waals surface area contributed by atoms with Gasteiger partial charge in [0.05, 0.1) is 6.61 Å². The number of pyridine rings is 1.